The zero-order valence-corrected chi connectivity index (χ0v) is 12.4. The minimum absolute atomic E-state index is 0.372. The van der Waals surface area contributed by atoms with E-state index in [1.165, 1.54) is 16.7 Å². The monoisotopic (exact) mass is 270 g/mol. The highest BCUT2D eigenvalue weighted by Crippen LogP contribution is 2.16. The molecule has 0 aliphatic heterocycles. The maximum Gasteiger partial charge on any atom is 0.119 e. The van der Waals surface area contributed by atoms with Crippen molar-refractivity contribution in [2.24, 2.45) is 0 Å². The van der Waals surface area contributed by atoms with Gasteiger partial charge in [0, 0.05) is 0 Å². The smallest absolute Gasteiger partial charge is 0.119 e. The lowest BCUT2D eigenvalue weighted by atomic mass is 9.98. The number of methoxy groups -OCH3 is 1. The van der Waals surface area contributed by atoms with Crippen LogP contribution in [-0.4, -0.2) is 18.3 Å². The third-order valence-electron chi connectivity index (χ3n) is 3.36. The summed E-state index contributed by atoms with van der Waals surface area (Å²) in [4.78, 5) is 0. The molecule has 0 bridgehead atoms. The zero-order chi connectivity index (χ0) is 14.5. The third-order valence-corrected chi connectivity index (χ3v) is 3.36. The molecule has 0 saturated heterocycles. The van der Waals surface area contributed by atoms with Gasteiger partial charge < -0.3 is 9.84 Å². The van der Waals surface area contributed by atoms with Gasteiger partial charge in [0.2, 0.25) is 0 Å². The van der Waals surface area contributed by atoms with E-state index in [1.54, 1.807) is 7.11 Å². The molecule has 2 aromatic carbocycles. The van der Waals surface area contributed by atoms with Gasteiger partial charge in [0.15, 0.2) is 0 Å². The Kier molecular flexibility index (Phi) is 4.80. The van der Waals surface area contributed by atoms with Crippen LogP contribution in [0.25, 0.3) is 0 Å². The highest BCUT2D eigenvalue weighted by Gasteiger charge is 2.08. The van der Waals surface area contributed by atoms with Gasteiger partial charge in [-0.25, -0.2) is 0 Å². The van der Waals surface area contributed by atoms with Crippen LogP contribution in [0.15, 0.2) is 42.5 Å². The summed E-state index contributed by atoms with van der Waals surface area (Å²) >= 11 is 0. The molecular weight excluding hydrogens is 248 g/mol. The summed E-state index contributed by atoms with van der Waals surface area (Å²) in [5.74, 6) is 0.834. The van der Waals surface area contributed by atoms with Gasteiger partial charge in [-0.2, -0.15) is 0 Å². The molecule has 0 radical (unpaired) electrons. The van der Waals surface area contributed by atoms with Crippen LogP contribution in [0.1, 0.15) is 22.3 Å². The molecular formula is C18H22O2. The summed E-state index contributed by atoms with van der Waals surface area (Å²) in [6.45, 7) is 4.18. The van der Waals surface area contributed by atoms with E-state index in [-0.39, 0.29) is 6.10 Å². The highest BCUT2D eigenvalue weighted by atomic mass is 16.5. The predicted octanol–water partition coefficient (Wildman–Crippen LogP) is 3.46. The van der Waals surface area contributed by atoms with E-state index in [2.05, 4.69) is 32.0 Å². The Labute approximate surface area is 121 Å². The molecule has 2 nitrogen and oxygen atoms in total. The van der Waals surface area contributed by atoms with E-state index in [4.69, 9.17) is 4.74 Å². The first-order chi connectivity index (χ1) is 9.56. The van der Waals surface area contributed by atoms with Gasteiger partial charge in [-0.05, 0) is 49.9 Å². The van der Waals surface area contributed by atoms with Crippen molar-refractivity contribution in [3.05, 3.63) is 64.7 Å². The molecule has 0 aliphatic carbocycles. The fourth-order valence-electron chi connectivity index (χ4n) is 2.60. The number of aliphatic hydroxyl groups excluding tert-OH is 1. The largest absolute Gasteiger partial charge is 0.497 e. The van der Waals surface area contributed by atoms with E-state index in [0.717, 1.165) is 11.3 Å². The van der Waals surface area contributed by atoms with Crippen molar-refractivity contribution in [3.63, 3.8) is 0 Å². The lowest BCUT2D eigenvalue weighted by molar-refractivity contribution is 0.175. The van der Waals surface area contributed by atoms with Crippen molar-refractivity contribution < 1.29 is 9.84 Å². The summed E-state index contributed by atoms with van der Waals surface area (Å²) in [6, 6.07) is 14.3. The van der Waals surface area contributed by atoms with Gasteiger partial charge in [0.05, 0.1) is 13.2 Å². The fraction of sp³-hybridized carbons (Fsp3) is 0.333. The van der Waals surface area contributed by atoms with E-state index in [0.29, 0.717) is 12.8 Å². The van der Waals surface area contributed by atoms with Crippen molar-refractivity contribution in [1.82, 2.24) is 0 Å². The van der Waals surface area contributed by atoms with Crippen LogP contribution in [0.2, 0.25) is 0 Å². The van der Waals surface area contributed by atoms with Gasteiger partial charge in [0.25, 0.3) is 0 Å². The Bertz CT molecular complexity index is 555. The van der Waals surface area contributed by atoms with E-state index in [9.17, 15) is 5.11 Å². The molecule has 0 aliphatic rings. The SMILES string of the molecule is COc1cccc(CC(O)Cc2cc(C)cc(C)c2)c1. The first-order valence-electron chi connectivity index (χ1n) is 6.95. The van der Waals surface area contributed by atoms with Crippen molar-refractivity contribution in [2.75, 3.05) is 7.11 Å². The van der Waals surface area contributed by atoms with Crippen LogP contribution in [0.4, 0.5) is 0 Å². The Morgan fingerprint density at radius 3 is 2.25 bits per heavy atom. The van der Waals surface area contributed by atoms with Crippen molar-refractivity contribution >= 4 is 0 Å². The average molecular weight is 270 g/mol. The summed E-state index contributed by atoms with van der Waals surface area (Å²) in [5, 5.41) is 10.3. The molecule has 0 amide bonds. The predicted molar refractivity (Wildman–Crippen MR) is 82.3 cm³/mol. The van der Waals surface area contributed by atoms with Crippen LogP contribution in [0.3, 0.4) is 0 Å². The molecule has 2 aromatic rings. The Morgan fingerprint density at radius 2 is 1.60 bits per heavy atom. The number of hydrogen-bond donors (Lipinski definition) is 1. The second-order valence-corrected chi connectivity index (χ2v) is 5.41. The molecule has 0 fully saturated rings. The van der Waals surface area contributed by atoms with Crippen LogP contribution in [0.5, 0.6) is 5.75 Å². The van der Waals surface area contributed by atoms with Gasteiger partial charge >= 0.3 is 0 Å². The van der Waals surface area contributed by atoms with Gasteiger partial charge in [-0.1, -0.05) is 41.5 Å². The standard InChI is InChI=1S/C18H22O2/c1-13-7-14(2)9-16(8-13)11-17(19)10-15-5-4-6-18(12-15)20-3/h4-9,12,17,19H,10-11H2,1-3H3. The lowest BCUT2D eigenvalue weighted by Gasteiger charge is -2.12. The minimum Gasteiger partial charge on any atom is -0.497 e. The van der Waals surface area contributed by atoms with Gasteiger partial charge in [-0.3, -0.25) is 0 Å². The second kappa shape index (κ2) is 6.58. The van der Waals surface area contributed by atoms with Crippen LogP contribution < -0.4 is 4.74 Å². The van der Waals surface area contributed by atoms with Crippen molar-refractivity contribution in [3.8, 4) is 5.75 Å². The summed E-state index contributed by atoms with van der Waals surface area (Å²) in [6.07, 6.45) is 0.951. The van der Waals surface area contributed by atoms with Gasteiger partial charge in [0.1, 0.15) is 5.75 Å². The fourth-order valence-corrected chi connectivity index (χ4v) is 2.60. The van der Waals surface area contributed by atoms with Gasteiger partial charge in [-0.15, -0.1) is 0 Å². The second-order valence-electron chi connectivity index (χ2n) is 5.41. The molecule has 0 spiro atoms. The Hall–Kier alpha value is -1.80. The van der Waals surface area contributed by atoms with Crippen LogP contribution in [-0.2, 0) is 12.8 Å². The quantitative estimate of drug-likeness (QED) is 0.901. The number of ether oxygens (including phenoxy) is 1. The molecule has 1 unspecified atom stereocenters. The van der Waals surface area contributed by atoms with E-state index < -0.39 is 0 Å². The Balaban J connectivity index is 2.02. The molecule has 1 N–H and O–H groups in total. The van der Waals surface area contributed by atoms with Crippen LogP contribution in [0, 0.1) is 13.8 Å². The minimum atomic E-state index is -0.372. The maximum atomic E-state index is 10.3. The lowest BCUT2D eigenvalue weighted by Crippen LogP contribution is -2.14. The third kappa shape index (κ3) is 4.10. The molecule has 20 heavy (non-hydrogen) atoms. The molecule has 2 rings (SSSR count). The molecule has 1 atom stereocenters. The molecule has 0 saturated carbocycles. The highest BCUT2D eigenvalue weighted by molar-refractivity contribution is 5.31. The topological polar surface area (TPSA) is 29.5 Å². The molecule has 0 aromatic heterocycles. The summed E-state index contributed by atoms with van der Waals surface area (Å²) < 4.78 is 5.20. The molecule has 0 heterocycles. The number of aryl methyl sites for hydroxylation is 2. The van der Waals surface area contributed by atoms with E-state index >= 15 is 0 Å². The van der Waals surface area contributed by atoms with Crippen molar-refractivity contribution in [1.29, 1.82) is 0 Å². The van der Waals surface area contributed by atoms with Crippen LogP contribution >= 0.6 is 0 Å². The molecule has 106 valence electrons. The summed E-state index contributed by atoms with van der Waals surface area (Å²) in [7, 11) is 1.66. The first-order valence-corrected chi connectivity index (χ1v) is 6.95. The average Bonchev–Trinajstić information content (AvgIpc) is 2.37. The van der Waals surface area contributed by atoms with Crippen molar-refractivity contribution in [2.45, 2.75) is 32.8 Å². The maximum absolute atomic E-state index is 10.3. The zero-order valence-electron chi connectivity index (χ0n) is 12.4. The Morgan fingerprint density at radius 1 is 0.950 bits per heavy atom. The number of benzene rings is 2. The first kappa shape index (κ1) is 14.6. The normalized spacial score (nSPS) is 12.2. The number of hydrogen-bond acceptors (Lipinski definition) is 2. The number of rotatable bonds is 5. The van der Waals surface area contributed by atoms with E-state index in [1.807, 2.05) is 24.3 Å². The summed E-state index contributed by atoms with van der Waals surface area (Å²) in [5.41, 5.74) is 4.78. The number of aliphatic hydroxyl groups is 1. The molecule has 2 heteroatoms.